The van der Waals surface area contributed by atoms with Crippen LogP contribution in [0.1, 0.15) is 42.0 Å². The van der Waals surface area contributed by atoms with Gasteiger partial charge in [0, 0.05) is 29.4 Å². The van der Waals surface area contributed by atoms with Gasteiger partial charge < -0.3 is 29.1 Å². The van der Waals surface area contributed by atoms with Crippen molar-refractivity contribution in [2.24, 2.45) is 5.92 Å². The highest BCUT2D eigenvalue weighted by molar-refractivity contribution is 6.10. The summed E-state index contributed by atoms with van der Waals surface area (Å²) in [5.41, 5.74) is 5.39. The molecule has 10 rings (SSSR count). The van der Waals surface area contributed by atoms with Crippen molar-refractivity contribution in [1.82, 2.24) is 4.90 Å². The third-order valence-electron chi connectivity index (χ3n) is 12.4. The molecule has 298 valence electrons. The van der Waals surface area contributed by atoms with Crippen molar-refractivity contribution in [2.75, 3.05) is 34.5 Å². The number of ether oxygens (including phenoxy) is 3. The molecule has 0 aromatic heterocycles. The van der Waals surface area contributed by atoms with Crippen LogP contribution in [0.3, 0.4) is 0 Å². The zero-order valence-electron chi connectivity index (χ0n) is 32.5. The van der Waals surface area contributed by atoms with Crippen LogP contribution in [0.5, 0.6) is 11.5 Å². The van der Waals surface area contributed by atoms with E-state index in [1.807, 2.05) is 122 Å². The number of benzene rings is 5. The lowest BCUT2D eigenvalue weighted by molar-refractivity contribution is -0.151. The number of para-hydroxylation sites is 4. The Labute approximate surface area is 341 Å². The van der Waals surface area contributed by atoms with Gasteiger partial charge in [0.1, 0.15) is 11.5 Å². The van der Waals surface area contributed by atoms with Crippen LogP contribution >= 0.6 is 0 Å². The molecule has 1 N–H and O–H groups in total. The molecule has 5 aliphatic heterocycles. The smallest absolute Gasteiger partial charge is 0.269 e. The van der Waals surface area contributed by atoms with Gasteiger partial charge in [-0.2, -0.15) is 0 Å². The number of nitrogens with zero attached hydrogens (tertiary/aromatic N) is 4. The van der Waals surface area contributed by atoms with E-state index in [0.717, 1.165) is 16.7 Å². The number of fused-ring (bicyclic) bond motifs is 5. The summed E-state index contributed by atoms with van der Waals surface area (Å²) in [5.74, 6) is 0.0644. The lowest BCUT2D eigenvalue weighted by atomic mass is 9.82. The van der Waals surface area contributed by atoms with Crippen LogP contribution in [0, 0.1) is 5.92 Å². The standard InChI is InChI=1S/C47H42N4O8/c1-29-20-36(23-43(53)48-25-32-9-3-2-8-31(32)21-35(48)26-52)59-47(29)37-22-34(51-40-11-5-7-13-42(40)58-28-45(51)55)18-19-38(37)49(46(47)56)24-30-14-16-33(17-15-30)50-39-10-4-6-12-41(39)57-27-44(50)54/h2-19,22,29,35-36,52H,20-21,23-28H2,1H3/t29-,35-,36-,47+/m0/s1. The molecule has 5 heterocycles. The highest BCUT2D eigenvalue weighted by atomic mass is 16.5. The number of hydrogen-bond acceptors (Lipinski definition) is 8. The van der Waals surface area contributed by atoms with Crippen molar-refractivity contribution in [3.63, 3.8) is 0 Å². The van der Waals surface area contributed by atoms with Gasteiger partial charge in [-0.1, -0.05) is 67.6 Å². The first-order valence-corrected chi connectivity index (χ1v) is 20.0. The summed E-state index contributed by atoms with van der Waals surface area (Å²) in [6, 6.07) is 35.5. The summed E-state index contributed by atoms with van der Waals surface area (Å²) < 4.78 is 18.3. The predicted molar refractivity (Wildman–Crippen MR) is 219 cm³/mol. The van der Waals surface area contributed by atoms with Crippen molar-refractivity contribution in [3.8, 4) is 11.5 Å². The summed E-state index contributed by atoms with van der Waals surface area (Å²) in [7, 11) is 0. The van der Waals surface area contributed by atoms with E-state index in [4.69, 9.17) is 14.2 Å². The molecule has 0 aliphatic carbocycles. The molecular formula is C47H42N4O8. The first kappa shape index (κ1) is 36.8. The Balaban J connectivity index is 0.979. The molecule has 1 fully saturated rings. The molecule has 5 aliphatic rings. The van der Waals surface area contributed by atoms with E-state index in [9.17, 15) is 19.5 Å². The minimum atomic E-state index is -1.43. The van der Waals surface area contributed by atoms with E-state index in [1.54, 1.807) is 19.6 Å². The number of anilines is 5. The second-order valence-electron chi connectivity index (χ2n) is 15.9. The number of carbonyl (C=O) groups excluding carboxylic acids is 4. The van der Waals surface area contributed by atoms with Crippen LogP contribution in [0.25, 0.3) is 0 Å². The summed E-state index contributed by atoms with van der Waals surface area (Å²) in [6.07, 6.45) is 0.488. The summed E-state index contributed by atoms with van der Waals surface area (Å²) >= 11 is 0. The molecule has 4 amide bonds. The largest absolute Gasteiger partial charge is 0.482 e. The van der Waals surface area contributed by atoms with Gasteiger partial charge in [-0.15, -0.1) is 0 Å². The van der Waals surface area contributed by atoms with Crippen LogP contribution in [-0.2, 0) is 49.0 Å². The summed E-state index contributed by atoms with van der Waals surface area (Å²) in [4.78, 5) is 62.4. The minimum Gasteiger partial charge on any atom is -0.482 e. The van der Waals surface area contributed by atoms with E-state index >= 15 is 4.79 Å². The molecule has 1 saturated heterocycles. The van der Waals surface area contributed by atoms with E-state index in [-0.39, 0.29) is 68.4 Å². The molecule has 0 unspecified atom stereocenters. The van der Waals surface area contributed by atoms with Crippen molar-refractivity contribution < 1.29 is 38.5 Å². The molecule has 12 heteroatoms. The molecule has 4 atom stereocenters. The Morgan fingerprint density at radius 1 is 0.746 bits per heavy atom. The minimum absolute atomic E-state index is 0.0488. The predicted octanol–water partition coefficient (Wildman–Crippen LogP) is 6.30. The lowest BCUT2D eigenvalue weighted by Crippen LogP contribution is -2.47. The quantitative estimate of drug-likeness (QED) is 0.204. The fourth-order valence-corrected chi connectivity index (χ4v) is 9.54. The van der Waals surface area contributed by atoms with Crippen LogP contribution in [0.4, 0.5) is 28.4 Å². The second-order valence-corrected chi connectivity index (χ2v) is 15.9. The normalized spacial score (nSPS) is 23.1. The van der Waals surface area contributed by atoms with E-state index in [1.165, 1.54) is 0 Å². The number of aliphatic hydroxyl groups is 1. The maximum Gasteiger partial charge on any atom is 0.269 e. The van der Waals surface area contributed by atoms with Gasteiger partial charge in [0.15, 0.2) is 18.8 Å². The maximum absolute atomic E-state index is 15.1. The zero-order chi connectivity index (χ0) is 40.4. The Kier molecular flexibility index (Phi) is 8.99. The lowest BCUT2D eigenvalue weighted by Gasteiger charge is -2.36. The zero-order valence-corrected chi connectivity index (χ0v) is 32.5. The van der Waals surface area contributed by atoms with Gasteiger partial charge in [-0.25, -0.2) is 0 Å². The molecule has 0 saturated carbocycles. The third kappa shape index (κ3) is 6.04. The van der Waals surface area contributed by atoms with Crippen molar-refractivity contribution in [1.29, 1.82) is 0 Å². The first-order chi connectivity index (χ1) is 28.7. The monoisotopic (exact) mass is 790 g/mol. The molecule has 1 spiro atoms. The highest BCUT2D eigenvalue weighted by Crippen LogP contribution is 2.55. The van der Waals surface area contributed by atoms with Crippen molar-refractivity contribution in [3.05, 3.63) is 138 Å². The van der Waals surface area contributed by atoms with Crippen LogP contribution in [-0.4, -0.2) is 65.6 Å². The maximum atomic E-state index is 15.1. The molecule has 0 bridgehead atoms. The molecular weight excluding hydrogens is 749 g/mol. The van der Waals surface area contributed by atoms with Crippen molar-refractivity contribution >= 4 is 52.1 Å². The fourth-order valence-electron chi connectivity index (χ4n) is 9.54. The van der Waals surface area contributed by atoms with Crippen LogP contribution in [0.15, 0.2) is 115 Å². The number of carbonyl (C=O) groups is 4. The Morgan fingerprint density at radius 3 is 2.03 bits per heavy atom. The Bertz CT molecular complexity index is 2520. The SMILES string of the molecule is C[C@H]1C[C@@H](CC(=O)N2Cc3ccccc3C[C@H]2CO)O[C@]12C(=O)N(Cc1ccc(N3C(=O)COc4ccccc43)cc1)c1ccc(N3C(=O)COc4ccccc43)cc12. The molecule has 5 aromatic rings. The van der Waals surface area contributed by atoms with Gasteiger partial charge >= 0.3 is 0 Å². The number of aliphatic hydroxyl groups excluding tert-OH is 1. The van der Waals surface area contributed by atoms with Crippen LogP contribution < -0.4 is 24.2 Å². The molecule has 12 nitrogen and oxygen atoms in total. The summed E-state index contributed by atoms with van der Waals surface area (Å²) in [5, 5.41) is 10.3. The number of amides is 4. The van der Waals surface area contributed by atoms with E-state index < -0.39 is 11.7 Å². The molecule has 0 radical (unpaired) electrons. The average molecular weight is 791 g/mol. The topological polar surface area (TPSA) is 129 Å². The third-order valence-corrected chi connectivity index (χ3v) is 12.4. The van der Waals surface area contributed by atoms with Gasteiger partial charge in [0.2, 0.25) is 5.91 Å². The Morgan fingerprint density at radius 2 is 1.36 bits per heavy atom. The van der Waals surface area contributed by atoms with Crippen molar-refractivity contribution in [2.45, 2.75) is 57.0 Å². The molecule has 59 heavy (non-hydrogen) atoms. The van der Waals surface area contributed by atoms with Gasteiger partial charge in [-0.05, 0) is 84.1 Å². The van der Waals surface area contributed by atoms with Crippen LogP contribution in [0.2, 0.25) is 0 Å². The number of hydrogen-bond donors (Lipinski definition) is 1. The van der Waals surface area contributed by atoms with Gasteiger partial charge in [0.05, 0.1) is 48.8 Å². The second kappa shape index (κ2) is 14.4. The van der Waals surface area contributed by atoms with Gasteiger partial charge in [-0.3, -0.25) is 29.0 Å². The highest BCUT2D eigenvalue weighted by Gasteiger charge is 2.60. The summed E-state index contributed by atoms with van der Waals surface area (Å²) in [6.45, 7) is 2.24. The van der Waals surface area contributed by atoms with E-state index in [0.29, 0.717) is 64.9 Å². The van der Waals surface area contributed by atoms with E-state index in [2.05, 4.69) is 0 Å². The fraction of sp³-hybridized carbons (Fsp3) is 0.277. The average Bonchev–Trinajstić information content (AvgIpc) is 3.71. The molecule has 5 aromatic carbocycles. The first-order valence-electron chi connectivity index (χ1n) is 20.0. The van der Waals surface area contributed by atoms with Gasteiger partial charge in [0.25, 0.3) is 17.7 Å². The Hall–Kier alpha value is -6.50. The number of rotatable bonds is 7.